The minimum absolute atomic E-state index is 0.205. The molecule has 0 rings (SSSR count). The number of aliphatic hydroxyl groups is 1. The van der Waals surface area contributed by atoms with Crippen molar-refractivity contribution < 1.29 is 19.4 Å². The van der Waals surface area contributed by atoms with Crippen LogP contribution in [0, 0.1) is 0 Å². The molecular formula is C7H11NO4. The summed E-state index contributed by atoms with van der Waals surface area (Å²) in [6.07, 6.45) is 1.34. The van der Waals surface area contributed by atoms with Gasteiger partial charge in [-0.05, 0) is 6.42 Å². The van der Waals surface area contributed by atoms with Gasteiger partial charge >= 0.3 is 5.97 Å². The number of aliphatic hydroxyl groups excluding tert-OH is 1. The van der Waals surface area contributed by atoms with E-state index in [1.807, 2.05) is 0 Å². The Hall–Kier alpha value is -1.36. The number of carbonyl (C=O) groups excluding carboxylic acids is 2. The van der Waals surface area contributed by atoms with Crippen molar-refractivity contribution in [2.45, 2.75) is 13.3 Å². The van der Waals surface area contributed by atoms with Crippen molar-refractivity contribution in [1.82, 2.24) is 0 Å². The molecule has 0 saturated carbocycles. The normalized spacial score (nSPS) is 11.0. The van der Waals surface area contributed by atoms with Gasteiger partial charge in [-0.2, -0.15) is 0 Å². The molecule has 68 valence electrons. The summed E-state index contributed by atoms with van der Waals surface area (Å²) in [5.74, 6) is -1.45. The highest BCUT2D eigenvalue weighted by atomic mass is 16.5. The molecule has 5 nitrogen and oxygen atoms in total. The highest BCUT2D eigenvalue weighted by Crippen LogP contribution is 1.99. The first kappa shape index (κ1) is 10.6. The number of rotatable bonds is 4. The van der Waals surface area contributed by atoms with E-state index in [4.69, 9.17) is 10.8 Å². The minimum atomic E-state index is -0.817. The van der Waals surface area contributed by atoms with Crippen molar-refractivity contribution in [2.75, 3.05) is 6.61 Å². The third-order valence-corrected chi connectivity index (χ3v) is 1.16. The minimum Gasteiger partial charge on any atom is -0.432 e. The maximum absolute atomic E-state index is 10.5. The van der Waals surface area contributed by atoms with Crippen molar-refractivity contribution >= 4 is 11.9 Å². The molecule has 0 aliphatic rings. The van der Waals surface area contributed by atoms with Gasteiger partial charge in [0.15, 0.2) is 0 Å². The second kappa shape index (κ2) is 5.31. The van der Waals surface area contributed by atoms with Crippen molar-refractivity contribution in [3.8, 4) is 0 Å². The zero-order valence-electron chi connectivity index (χ0n) is 6.74. The highest BCUT2D eigenvalue weighted by Gasteiger charge is 2.03. The fraction of sp³-hybridized carbons (Fsp3) is 0.429. The number of nitrogens with two attached hydrogens (primary N) is 1. The van der Waals surface area contributed by atoms with E-state index in [1.54, 1.807) is 6.92 Å². The summed E-state index contributed by atoms with van der Waals surface area (Å²) in [5.41, 5.74) is 5.12. The lowest BCUT2D eigenvalue weighted by Crippen LogP contribution is -2.15. The molecular weight excluding hydrogens is 162 g/mol. The van der Waals surface area contributed by atoms with Gasteiger partial charge in [0.05, 0.1) is 5.57 Å². The van der Waals surface area contributed by atoms with Gasteiger partial charge < -0.3 is 15.6 Å². The van der Waals surface area contributed by atoms with Gasteiger partial charge in [-0.25, -0.2) is 4.79 Å². The third-order valence-electron chi connectivity index (χ3n) is 1.16. The quantitative estimate of drug-likeness (QED) is 0.334. The van der Waals surface area contributed by atoms with E-state index in [1.165, 1.54) is 0 Å². The van der Waals surface area contributed by atoms with Gasteiger partial charge in [-0.3, -0.25) is 4.79 Å². The van der Waals surface area contributed by atoms with Crippen molar-refractivity contribution in [2.24, 2.45) is 5.73 Å². The van der Waals surface area contributed by atoms with Crippen LogP contribution in [0.15, 0.2) is 11.8 Å². The number of hydrogen-bond acceptors (Lipinski definition) is 4. The lowest BCUT2D eigenvalue weighted by Gasteiger charge is -1.98. The largest absolute Gasteiger partial charge is 0.432 e. The average molecular weight is 173 g/mol. The van der Waals surface area contributed by atoms with E-state index < -0.39 is 18.5 Å². The van der Waals surface area contributed by atoms with Gasteiger partial charge in [0.2, 0.25) is 5.91 Å². The number of ether oxygens (including phenoxy) is 1. The molecule has 0 bridgehead atoms. The molecule has 0 aromatic carbocycles. The number of esters is 1. The first-order chi connectivity index (χ1) is 5.61. The third kappa shape index (κ3) is 3.72. The van der Waals surface area contributed by atoms with Crippen molar-refractivity contribution in [1.29, 1.82) is 0 Å². The molecule has 0 atom stereocenters. The van der Waals surface area contributed by atoms with Gasteiger partial charge in [0.1, 0.15) is 12.9 Å². The Morgan fingerprint density at radius 1 is 1.58 bits per heavy atom. The first-order valence-electron chi connectivity index (χ1n) is 3.41. The second-order valence-corrected chi connectivity index (χ2v) is 2.01. The molecule has 0 aromatic heterocycles. The molecule has 0 unspecified atom stereocenters. The predicted octanol–water partition coefficient (Wildman–Crippen LogP) is -0.699. The highest BCUT2D eigenvalue weighted by molar-refractivity contribution is 5.91. The molecule has 0 radical (unpaired) electrons. The first-order valence-corrected chi connectivity index (χ1v) is 3.41. The van der Waals surface area contributed by atoms with Crippen LogP contribution in [0.2, 0.25) is 0 Å². The van der Waals surface area contributed by atoms with E-state index in [0.29, 0.717) is 6.42 Å². The summed E-state index contributed by atoms with van der Waals surface area (Å²) >= 11 is 0. The summed E-state index contributed by atoms with van der Waals surface area (Å²) < 4.78 is 4.35. The molecule has 0 aliphatic carbocycles. The topological polar surface area (TPSA) is 89.6 Å². The van der Waals surface area contributed by atoms with Crippen LogP contribution in [0.25, 0.3) is 0 Å². The number of carbonyl (C=O) groups is 2. The number of primary amides is 1. The summed E-state index contributed by atoms with van der Waals surface area (Å²) in [5, 5.41) is 8.24. The Kier molecular flexibility index (Phi) is 4.71. The lowest BCUT2D eigenvalue weighted by molar-refractivity contribution is -0.141. The van der Waals surface area contributed by atoms with Crippen molar-refractivity contribution in [3.63, 3.8) is 0 Å². The van der Waals surface area contributed by atoms with Gasteiger partial charge in [0, 0.05) is 0 Å². The van der Waals surface area contributed by atoms with Crippen LogP contribution in [0.1, 0.15) is 13.3 Å². The molecule has 0 heterocycles. The molecule has 5 heteroatoms. The standard InChI is InChI=1S/C7H11NO4/c1-2-5(7(8)11)4-12-6(10)3-9/h4,9H,2-3H2,1H3,(H2,8,11)/b5-4+. The number of amides is 1. The molecule has 0 spiro atoms. The molecule has 0 saturated heterocycles. The molecule has 12 heavy (non-hydrogen) atoms. The fourth-order valence-corrected chi connectivity index (χ4v) is 0.490. The Balaban J connectivity index is 4.12. The smallest absolute Gasteiger partial charge is 0.336 e. The van der Waals surface area contributed by atoms with Crippen LogP contribution in [0.5, 0.6) is 0 Å². The number of hydrogen-bond donors (Lipinski definition) is 2. The Labute approximate surface area is 69.8 Å². The van der Waals surface area contributed by atoms with Gasteiger partial charge in [-0.1, -0.05) is 6.92 Å². The van der Waals surface area contributed by atoms with Crippen LogP contribution in [0.4, 0.5) is 0 Å². The summed E-state index contributed by atoms with van der Waals surface area (Å²) in [7, 11) is 0. The van der Waals surface area contributed by atoms with Gasteiger partial charge in [0.25, 0.3) is 0 Å². The molecule has 0 aromatic rings. The van der Waals surface area contributed by atoms with E-state index >= 15 is 0 Å². The van der Waals surface area contributed by atoms with Crippen LogP contribution >= 0.6 is 0 Å². The van der Waals surface area contributed by atoms with E-state index in [0.717, 1.165) is 6.26 Å². The second-order valence-electron chi connectivity index (χ2n) is 2.01. The van der Waals surface area contributed by atoms with E-state index in [-0.39, 0.29) is 5.57 Å². The summed E-state index contributed by atoms with van der Waals surface area (Å²) in [6.45, 7) is 0.982. The predicted molar refractivity (Wildman–Crippen MR) is 40.7 cm³/mol. The van der Waals surface area contributed by atoms with Crippen LogP contribution in [-0.2, 0) is 14.3 Å². The van der Waals surface area contributed by atoms with Crippen molar-refractivity contribution in [3.05, 3.63) is 11.8 Å². The van der Waals surface area contributed by atoms with Crippen LogP contribution in [0.3, 0.4) is 0 Å². The average Bonchev–Trinajstić information content (AvgIpc) is 2.04. The maximum atomic E-state index is 10.5. The monoisotopic (exact) mass is 173 g/mol. The zero-order chi connectivity index (χ0) is 9.56. The van der Waals surface area contributed by atoms with Crippen LogP contribution < -0.4 is 5.73 Å². The Morgan fingerprint density at radius 3 is 2.50 bits per heavy atom. The lowest BCUT2D eigenvalue weighted by atomic mass is 10.2. The molecule has 0 aliphatic heterocycles. The molecule has 0 fully saturated rings. The SMILES string of the molecule is CC/C(=C\OC(=O)CO)C(N)=O. The van der Waals surface area contributed by atoms with E-state index in [2.05, 4.69) is 4.74 Å². The fourth-order valence-electron chi connectivity index (χ4n) is 0.490. The van der Waals surface area contributed by atoms with Gasteiger partial charge in [-0.15, -0.1) is 0 Å². The molecule has 1 amide bonds. The van der Waals surface area contributed by atoms with E-state index in [9.17, 15) is 9.59 Å². The summed E-state index contributed by atoms with van der Waals surface area (Å²) in [4.78, 5) is 20.9. The maximum Gasteiger partial charge on any atom is 0.336 e. The summed E-state index contributed by atoms with van der Waals surface area (Å²) in [6, 6.07) is 0. The Bertz CT molecular complexity index is 209. The Morgan fingerprint density at radius 2 is 2.17 bits per heavy atom. The zero-order valence-corrected chi connectivity index (χ0v) is 6.74. The van der Waals surface area contributed by atoms with Crippen LogP contribution in [-0.4, -0.2) is 23.6 Å². The molecule has 3 N–H and O–H groups in total.